The summed E-state index contributed by atoms with van der Waals surface area (Å²) in [6, 6.07) is -0.00926. The minimum Gasteiger partial charge on any atom is -0.389 e. The van der Waals surface area contributed by atoms with Crippen molar-refractivity contribution in [1.82, 2.24) is 4.90 Å². The minimum absolute atomic E-state index is 0.00926. The van der Waals surface area contributed by atoms with Gasteiger partial charge in [0.2, 0.25) is 0 Å². The Morgan fingerprint density at radius 2 is 2.50 bits per heavy atom. The van der Waals surface area contributed by atoms with Crippen molar-refractivity contribution in [3.05, 3.63) is 0 Å². The van der Waals surface area contributed by atoms with Crippen molar-refractivity contribution in [2.75, 3.05) is 20.2 Å². The Morgan fingerprint density at radius 1 is 1.80 bits per heavy atom. The molecule has 1 aliphatic heterocycles. The van der Waals surface area contributed by atoms with Gasteiger partial charge in [-0.15, -0.1) is 0 Å². The molecule has 0 aromatic rings. The van der Waals surface area contributed by atoms with E-state index >= 15 is 0 Å². The molecular formula is C7H13NO2. The Bertz CT molecular complexity index is 136. The zero-order valence-corrected chi connectivity index (χ0v) is 6.21. The highest BCUT2D eigenvalue weighted by Gasteiger charge is 2.26. The van der Waals surface area contributed by atoms with Crippen LogP contribution in [0, 0.1) is 0 Å². The number of hydrogen-bond donors (Lipinski definition) is 1. The van der Waals surface area contributed by atoms with Crippen LogP contribution in [0.4, 0.5) is 0 Å². The molecule has 0 saturated carbocycles. The summed E-state index contributed by atoms with van der Waals surface area (Å²) in [5.41, 5.74) is 0. The van der Waals surface area contributed by atoms with Crippen molar-refractivity contribution in [1.29, 1.82) is 0 Å². The number of likely N-dealkylation sites (N-methyl/N-ethyl adjacent to an activating group) is 1. The molecule has 0 spiro atoms. The molecule has 3 heteroatoms. The number of hydrogen-bond acceptors (Lipinski definition) is 3. The number of rotatable bonds is 2. The van der Waals surface area contributed by atoms with E-state index in [0.717, 1.165) is 19.4 Å². The molecule has 1 saturated heterocycles. The number of Topliss-reactive ketones (excluding diaryl/α,β-unsaturated/α-hetero) is 1. The third-order valence-electron chi connectivity index (χ3n) is 2.05. The number of carbonyl (C=O) groups excluding carboxylic acids is 1. The fourth-order valence-electron chi connectivity index (χ4n) is 1.42. The molecule has 1 heterocycles. The van der Waals surface area contributed by atoms with Gasteiger partial charge in [0.25, 0.3) is 0 Å². The van der Waals surface area contributed by atoms with Crippen LogP contribution in [0.2, 0.25) is 0 Å². The number of aliphatic hydroxyl groups excluding tert-OH is 1. The molecule has 0 radical (unpaired) electrons. The summed E-state index contributed by atoms with van der Waals surface area (Å²) in [6.45, 7) is 0.672. The first kappa shape index (κ1) is 7.69. The lowest BCUT2D eigenvalue weighted by molar-refractivity contribution is -0.125. The maximum absolute atomic E-state index is 10.9. The average molecular weight is 143 g/mol. The smallest absolute Gasteiger partial charge is 0.175 e. The van der Waals surface area contributed by atoms with Crippen molar-refractivity contribution in [3.8, 4) is 0 Å². The predicted molar refractivity (Wildman–Crippen MR) is 37.7 cm³/mol. The van der Waals surface area contributed by atoms with Crippen LogP contribution >= 0.6 is 0 Å². The largest absolute Gasteiger partial charge is 0.389 e. The van der Waals surface area contributed by atoms with Gasteiger partial charge < -0.3 is 5.11 Å². The minimum atomic E-state index is -0.311. The van der Waals surface area contributed by atoms with Gasteiger partial charge in [-0.2, -0.15) is 0 Å². The van der Waals surface area contributed by atoms with Crippen LogP contribution in [0.25, 0.3) is 0 Å². The maximum atomic E-state index is 10.9. The molecule has 0 bridgehead atoms. The van der Waals surface area contributed by atoms with Crippen LogP contribution in [-0.2, 0) is 4.79 Å². The molecule has 0 aliphatic carbocycles. The van der Waals surface area contributed by atoms with Gasteiger partial charge >= 0.3 is 0 Å². The van der Waals surface area contributed by atoms with Gasteiger partial charge in [-0.05, 0) is 26.4 Å². The molecule has 0 amide bonds. The van der Waals surface area contributed by atoms with E-state index in [1.54, 1.807) is 0 Å². The van der Waals surface area contributed by atoms with Crippen LogP contribution in [0.5, 0.6) is 0 Å². The summed E-state index contributed by atoms with van der Waals surface area (Å²) >= 11 is 0. The zero-order valence-electron chi connectivity index (χ0n) is 6.21. The summed E-state index contributed by atoms with van der Waals surface area (Å²) < 4.78 is 0. The quantitative estimate of drug-likeness (QED) is 0.574. The summed E-state index contributed by atoms with van der Waals surface area (Å²) in [7, 11) is 1.92. The Kier molecular flexibility index (Phi) is 2.40. The molecule has 1 atom stereocenters. The van der Waals surface area contributed by atoms with Gasteiger partial charge in [-0.25, -0.2) is 0 Å². The van der Waals surface area contributed by atoms with Crippen molar-refractivity contribution in [3.63, 3.8) is 0 Å². The van der Waals surface area contributed by atoms with E-state index < -0.39 is 0 Å². The van der Waals surface area contributed by atoms with E-state index in [1.807, 2.05) is 11.9 Å². The molecule has 1 unspecified atom stereocenters. The summed E-state index contributed by atoms with van der Waals surface area (Å²) in [5.74, 6) is -0.0417. The van der Waals surface area contributed by atoms with Crippen LogP contribution in [0.15, 0.2) is 0 Å². The first-order chi connectivity index (χ1) is 4.75. The Labute approximate surface area is 60.6 Å². The Hall–Kier alpha value is -0.410. The fourth-order valence-corrected chi connectivity index (χ4v) is 1.42. The second-order valence-electron chi connectivity index (χ2n) is 2.76. The summed E-state index contributed by atoms with van der Waals surface area (Å²) in [5, 5.41) is 8.54. The first-order valence-electron chi connectivity index (χ1n) is 3.59. The van der Waals surface area contributed by atoms with E-state index in [4.69, 9.17) is 5.11 Å². The van der Waals surface area contributed by atoms with E-state index in [0.29, 0.717) is 0 Å². The first-order valence-corrected chi connectivity index (χ1v) is 3.59. The number of likely N-dealkylation sites (tertiary alicyclic amines) is 1. The summed E-state index contributed by atoms with van der Waals surface area (Å²) in [4.78, 5) is 12.9. The van der Waals surface area contributed by atoms with Crippen molar-refractivity contribution < 1.29 is 9.90 Å². The Morgan fingerprint density at radius 3 is 2.90 bits per heavy atom. The molecule has 3 nitrogen and oxygen atoms in total. The standard InChI is InChI=1S/C7H13NO2/c1-8-4-2-3-6(8)7(10)5-9/h6,9H,2-5H2,1H3. The van der Waals surface area contributed by atoms with Gasteiger partial charge in [-0.1, -0.05) is 0 Å². The van der Waals surface area contributed by atoms with Gasteiger partial charge in [0.1, 0.15) is 6.61 Å². The number of aliphatic hydroxyl groups is 1. The average Bonchev–Trinajstić information content (AvgIpc) is 2.34. The molecule has 0 aromatic heterocycles. The lowest BCUT2D eigenvalue weighted by Crippen LogP contribution is -2.34. The van der Waals surface area contributed by atoms with E-state index in [2.05, 4.69) is 0 Å². The molecule has 58 valence electrons. The van der Waals surface area contributed by atoms with Gasteiger partial charge in [-0.3, -0.25) is 9.69 Å². The topological polar surface area (TPSA) is 40.5 Å². The SMILES string of the molecule is CN1CCCC1C(=O)CO. The van der Waals surface area contributed by atoms with E-state index in [-0.39, 0.29) is 18.4 Å². The van der Waals surface area contributed by atoms with E-state index in [9.17, 15) is 4.79 Å². The van der Waals surface area contributed by atoms with Gasteiger partial charge in [0.15, 0.2) is 5.78 Å². The van der Waals surface area contributed by atoms with Crippen LogP contribution in [0.1, 0.15) is 12.8 Å². The van der Waals surface area contributed by atoms with Crippen molar-refractivity contribution in [2.24, 2.45) is 0 Å². The summed E-state index contributed by atoms with van der Waals surface area (Å²) in [6.07, 6.45) is 1.99. The second-order valence-corrected chi connectivity index (χ2v) is 2.76. The number of carbonyl (C=O) groups is 1. The van der Waals surface area contributed by atoms with Crippen LogP contribution in [-0.4, -0.2) is 42.0 Å². The van der Waals surface area contributed by atoms with Crippen LogP contribution < -0.4 is 0 Å². The Balaban J connectivity index is 2.46. The molecule has 1 rings (SSSR count). The normalized spacial score (nSPS) is 27.2. The zero-order chi connectivity index (χ0) is 7.56. The second kappa shape index (κ2) is 3.12. The van der Waals surface area contributed by atoms with E-state index in [1.165, 1.54) is 0 Å². The van der Waals surface area contributed by atoms with Crippen molar-refractivity contribution >= 4 is 5.78 Å². The molecule has 10 heavy (non-hydrogen) atoms. The van der Waals surface area contributed by atoms with Crippen molar-refractivity contribution in [2.45, 2.75) is 18.9 Å². The maximum Gasteiger partial charge on any atom is 0.175 e. The lowest BCUT2D eigenvalue weighted by Gasteiger charge is -2.16. The third-order valence-corrected chi connectivity index (χ3v) is 2.05. The monoisotopic (exact) mass is 143 g/mol. The number of ketones is 1. The lowest BCUT2D eigenvalue weighted by atomic mass is 10.1. The van der Waals surface area contributed by atoms with Gasteiger partial charge in [0, 0.05) is 0 Å². The molecule has 1 aliphatic rings. The highest BCUT2D eigenvalue weighted by molar-refractivity contribution is 5.85. The molecule has 1 fully saturated rings. The fraction of sp³-hybridized carbons (Fsp3) is 0.857. The predicted octanol–water partition coefficient (Wildman–Crippen LogP) is -0.358. The molecular weight excluding hydrogens is 130 g/mol. The highest BCUT2D eigenvalue weighted by Crippen LogP contribution is 2.14. The van der Waals surface area contributed by atoms with Gasteiger partial charge in [0.05, 0.1) is 6.04 Å². The molecule has 1 N–H and O–H groups in total. The number of nitrogens with zero attached hydrogens (tertiary/aromatic N) is 1. The molecule has 0 aromatic carbocycles. The van der Waals surface area contributed by atoms with Crippen LogP contribution in [0.3, 0.4) is 0 Å². The third kappa shape index (κ3) is 1.36. The highest BCUT2D eigenvalue weighted by atomic mass is 16.3.